The molecule has 0 aliphatic heterocycles. The summed E-state index contributed by atoms with van der Waals surface area (Å²) >= 11 is 0. The average Bonchev–Trinajstić information content (AvgIpc) is 2.34. The van der Waals surface area contributed by atoms with Crippen molar-refractivity contribution in [2.45, 2.75) is 25.8 Å². The Hall–Kier alpha value is -0.820. The molecular formula is C10H15N. The van der Waals surface area contributed by atoms with Crippen LogP contribution in [0.5, 0.6) is 0 Å². The molecule has 0 aromatic heterocycles. The number of nitrogens with two attached hydrogens (primary N) is 1. The molecule has 1 heteroatoms. The van der Waals surface area contributed by atoms with Crippen LogP contribution in [0.2, 0.25) is 0 Å². The van der Waals surface area contributed by atoms with E-state index in [4.69, 9.17) is 5.73 Å². The van der Waals surface area contributed by atoms with E-state index in [1.54, 1.807) is 0 Å². The lowest BCUT2D eigenvalue weighted by atomic mass is 10.1. The zero-order valence-electron chi connectivity index (χ0n) is 7.01. The minimum Gasteiger partial charge on any atom is -0.324 e. The number of allylic oxidation sites excluding steroid dienone is 3. The topological polar surface area (TPSA) is 26.0 Å². The summed E-state index contributed by atoms with van der Waals surface area (Å²) in [6, 6.07) is 0.235. The first-order chi connectivity index (χ1) is 5.29. The first kappa shape index (κ1) is 8.28. The standard InChI is InChI=1S/C10H15N/c1-3-5-9-8(4-2)6-7-10(9)11/h3-5,10H,1,6-7,11H2,2H3/b8-4-,9-5+. The molecule has 0 amide bonds. The fourth-order valence-electron chi connectivity index (χ4n) is 1.52. The normalized spacial score (nSPS) is 31.6. The molecule has 1 unspecified atom stereocenters. The lowest BCUT2D eigenvalue weighted by Gasteiger charge is -2.03. The molecule has 1 nitrogen and oxygen atoms in total. The van der Waals surface area contributed by atoms with E-state index in [1.165, 1.54) is 11.1 Å². The fourth-order valence-corrected chi connectivity index (χ4v) is 1.52. The predicted octanol–water partition coefficient (Wildman–Crippen LogP) is 2.17. The Morgan fingerprint density at radius 2 is 2.36 bits per heavy atom. The third kappa shape index (κ3) is 1.60. The summed E-state index contributed by atoms with van der Waals surface area (Å²) in [6.07, 6.45) is 8.18. The summed E-state index contributed by atoms with van der Waals surface area (Å²) in [5.41, 5.74) is 8.53. The first-order valence-electron chi connectivity index (χ1n) is 4.03. The summed E-state index contributed by atoms with van der Waals surface area (Å²) in [7, 11) is 0. The van der Waals surface area contributed by atoms with Gasteiger partial charge in [0.1, 0.15) is 0 Å². The summed E-state index contributed by atoms with van der Waals surface area (Å²) in [6.45, 7) is 5.73. The van der Waals surface area contributed by atoms with Crippen LogP contribution in [-0.4, -0.2) is 6.04 Å². The second-order valence-electron chi connectivity index (χ2n) is 2.82. The van der Waals surface area contributed by atoms with Gasteiger partial charge >= 0.3 is 0 Å². The maximum Gasteiger partial charge on any atom is 0.0300 e. The number of hydrogen-bond donors (Lipinski definition) is 1. The molecule has 0 bridgehead atoms. The zero-order valence-corrected chi connectivity index (χ0v) is 7.01. The van der Waals surface area contributed by atoms with Crippen molar-refractivity contribution in [3.05, 3.63) is 36.0 Å². The molecule has 0 radical (unpaired) electrons. The van der Waals surface area contributed by atoms with Crippen LogP contribution in [0.4, 0.5) is 0 Å². The van der Waals surface area contributed by atoms with Gasteiger partial charge < -0.3 is 5.73 Å². The second kappa shape index (κ2) is 3.54. The molecule has 1 aliphatic carbocycles. The van der Waals surface area contributed by atoms with Crippen LogP contribution in [0.1, 0.15) is 19.8 Å². The van der Waals surface area contributed by atoms with E-state index in [0.717, 1.165) is 12.8 Å². The summed E-state index contributed by atoms with van der Waals surface area (Å²) in [5.74, 6) is 0. The molecule has 0 aromatic carbocycles. The molecule has 1 rings (SSSR count). The Labute approximate surface area is 68.3 Å². The number of rotatable bonds is 1. The van der Waals surface area contributed by atoms with Crippen molar-refractivity contribution >= 4 is 0 Å². The van der Waals surface area contributed by atoms with E-state index < -0.39 is 0 Å². The van der Waals surface area contributed by atoms with Gasteiger partial charge in [0, 0.05) is 6.04 Å². The van der Waals surface area contributed by atoms with Crippen LogP contribution in [-0.2, 0) is 0 Å². The van der Waals surface area contributed by atoms with Crippen LogP contribution in [0.3, 0.4) is 0 Å². The number of hydrogen-bond acceptors (Lipinski definition) is 1. The molecule has 1 saturated carbocycles. The van der Waals surface area contributed by atoms with Crippen molar-refractivity contribution in [1.29, 1.82) is 0 Å². The minimum absolute atomic E-state index is 0.235. The smallest absolute Gasteiger partial charge is 0.0300 e. The first-order valence-corrected chi connectivity index (χ1v) is 4.03. The minimum atomic E-state index is 0.235. The van der Waals surface area contributed by atoms with E-state index in [9.17, 15) is 0 Å². The molecule has 1 atom stereocenters. The van der Waals surface area contributed by atoms with Crippen molar-refractivity contribution in [3.8, 4) is 0 Å². The van der Waals surface area contributed by atoms with Crippen LogP contribution in [0, 0.1) is 0 Å². The Balaban J connectivity index is 2.88. The van der Waals surface area contributed by atoms with Gasteiger partial charge in [-0.2, -0.15) is 0 Å². The molecule has 0 heterocycles. The van der Waals surface area contributed by atoms with E-state index >= 15 is 0 Å². The van der Waals surface area contributed by atoms with Gasteiger partial charge in [-0.05, 0) is 30.9 Å². The molecule has 0 aromatic rings. The van der Waals surface area contributed by atoms with Gasteiger partial charge in [-0.15, -0.1) is 0 Å². The van der Waals surface area contributed by atoms with E-state index in [2.05, 4.69) is 19.6 Å². The fraction of sp³-hybridized carbons (Fsp3) is 0.400. The molecule has 1 aliphatic rings. The Bertz CT molecular complexity index is 211. The second-order valence-corrected chi connectivity index (χ2v) is 2.82. The maximum atomic E-state index is 5.87. The maximum absolute atomic E-state index is 5.87. The summed E-state index contributed by atoms with van der Waals surface area (Å²) in [5, 5.41) is 0. The van der Waals surface area contributed by atoms with Gasteiger partial charge in [0.15, 0.2) is 0 Å². The largest absolute Gasteiger partial charge is 0.324 e. The molecule has 11 heavy (non-hydrogen) atoms. The van der Waals surface area contributed by atoms with Crippen LogP contribution < -0.4 is 5.73 Å². The summed E-state index contributed by atoms with van der Waals surface area (Å²) < 4.78 is 0. The Morgan fingerprint density at radius 1 is 1.64 bits per heavy atom. The predicted molar refractivity (Wildman–Crippen MR) is 49.2 cm³/mol. The summed E-state index contributed by atoms with van der Waals surface area (Å²) in [4.78, 5) is 0. The molecule has 0 saturated heterocycles. The van der Waals surface area contributed by atoms with E-state index in [-0.39, 0.29) is 6.04 Å². The molecule has 2 N–H and O–H groups in total. The van der Waals surface area contributed by atoms with Gasteiger partial charge in [-0.1, -0.05) is 24.8 Å². The van der Waals surface area contributed by atoms with Crippen molar-refractivity contribution in [3.63, 3.8) is 0 Å². The quantitative estimate of drug-likeness (QED) is 0.607. The lowest BCUT2D eigenvalue weighted by molar-refractivity contribution is 0.779. The highest BCUT2D eigenvalue weighted by atomic mass is 14.7. The van der Waals surface area contributed by atoms with Crippen molar-refractivity contribution < 1.29 is 0 Å². The van der Waals surface area contributed by atoms with Crippen molar-refractivity contribution in [2.75, 3.05) is 0 Å². The van der Waals surface area contributed by atoms with Gasteiger partial charge in [-0.3, -0.25) is 0 Å². The van der Waals surface area contributed by atoms with Gasteiger partial charge in [0.2, 0.25) is 0 Å². The Morgan fingerprint density at radius 3 is 2.91 bits per heavy atom. The van der Waals surface area contributed by atoms with Crippen LogP contribution in [0.15, 0.2) is 36.0 Å². The van der Waals surface area contributed by atoms with Crippen molar-refractivity contribution in [2.24, 2.45) is 5.73 Å². The van der Waals surface area contributed by atoms with Crippen molar-refractivity contribution in [1.82, 2.24) is 0 Å². The van der Waals surface area contributed by atoms with Crippen LogP contribution in [0.25, 0.3) is 0 Å². The highest BCUT2D eigenvalue weighted by molar-refractivity contribution is 5.41. The molecular weight excluding hydrogens is 134 g/mol. The average molecular weight is 149 g/mol. The van der Waals surface area contributed by atoms with Gasteiger partial charge in [0.05, 0.1) is 0 Å². The third-order valence-electron chi connectivity index (χ3n) is 2.14. The lowest BCUT2D eigenvalue weighted by Crippen LogP contribution is -2.16. The van der Waals surface area contributed by atoms with E-state index in [0.29, 0.717) is 0 Å². The van der Waals surface area contributed by atoms with E-state index in [1.807, 2.05) is 12.2 Å². The SMILES string of the molecule is C=C/C=C1\C(=C/C)CCC1N. The highest BCUT2D eigenvalue weighted by Crippen LogP contribution is 2.29. The molecule has 0 spiro atoms. The van der Waals surface area contributed by atoms with Crippen LogP contribution >= 0.6 is 0 Å². The Kier molecular flexibility index (Phi) is 2.66. The molecule has 60 valence electrons. The monoisotopic (exact) mass is 149 g/mol. The zero-order chi connectivity index (χ0) is 8.27. The highest BCUT2D eigenvalue weighted by Gasteiger charge is 2.19. The third-order valence-corrected chi connectivity index (χ3v) is 2.14. The molecule has 1 fully saturated rings. The van der Waals surface area contributed by atoms with Gasteiger partial charge in [0.25, 0.3) is 0 Å². The van der Waals surface area contributed by atoms with Gasteiger partial charge in [-0.25, -0.2) is 0 Å².